The third-order valence-electron chi connectivity index (χ3n) is 14.2. The van der Waals surface area contributed by atoms with Crippen LogP contribution >= 0.6 is 31.9 Å². The van der Waals surface area contributed by atoms with Gasteiger partial charge in [-0.1, -0.05) is 6.07 Å². The number of halogens is 2. The van der Waals surface area contributed by atoms with Gasteiger partial charge in [-0.05, 0) is 87.9 Å². The van der Waals surface area contributed by atoms with Crippen molar-refractivity contribution in [3.05, 3.63) is 81.0 Å². The molecule has 81 heavy (non-hydrogen) atoms. The molecule has 3 N–H and O–H groups in total. The van der Waals surface area contributed by atoms with E-state index in [4.69, 9.17) is 178 Å². The highest BCUT2D eigenvalue weighted by molar-refractivity contribution is 9.10. The summed E-state index contributed by atoms with van der Waals surface area (Å²) in [6.45, 7) is 3.31. The second-order valence-electron chi connectivity index (χ2n) is 20.0. The van der Waals surface area contributed by atoms with Crippen molar-refractivity contribution in [2.45, 2.75) is 25.7 Å². The first-order chi connectivity index (χ1) is 37.8. The van der Waals surface area contributed by atoms with Crippen molar-refractivity contribution in [3.8, 4) is 0 Å². The van der Waals surface area contributed by atoms with Crippen LogP contribution in [0.25, 0.3) is 0 Å². The highest BCUT2D eigenvalue weighted by Crippen LogP contribution is 2.20. The Morgan fingerprint density at radius 3 is 0.926 bits per heavy atom. The summed E-state index contributed by atoms with van der Waals surface area (Å²) in [6, 6.07) is 9.69. The Kier molecular flexibility index (Phi) is 35.9. The molecule has 2 fully saturated rings. The van der Waals surface area contributed by atoms with E-state index in [1.165, 1.54) is 37.7 Å². The minimum Gasteiger partial charge on any atom is -0.477 e. The zero-order chi connectivity index (χ0) is 61.7. The molecule has 2 amide bonds. The van der Waals surface area contributed by atoms with E-state index in [-0.39, 0.29) is 23.0 Å². The largest absolute Gasteiger partial charge is 0.490 e. The molecule has 3 aromatic heterocycles. The van der Waals surface area contributed by atoms with Crippen LogP contribution in [0.1, 0.15) is 57.1 Å². The lowest BCUT2D eigenvalue weighted by Gasteiger charge is -2.54. The minimum absolute atomic E-state index is 0.0509. The Morgan fingerprint density at radius 1 is 0.420 bits per heavy atom. The zero-order valence-electron chi connectivity index (χ0n) is 45.2. The highest BCUT2D eigenvalue weighted by atomic mass is 79.9. The molecular weight excluding hydrogens is 1090 g/mol. The van der Waals surface area contributed by atoms with Crippen LogP contribution in [0.4, 0.5) is 0 Å². The minimum atomic E-state index is -1.54. The monoisotopic (exact) mass is 1130 g/mol. The van der Waals surface area contributed by atoms with Gasteiger partial charge in [0.15, 0.2) is 0 Å². The lowest BCUT2D eigenvalue weighted by molar-refractivity contribution is 0.0689. The fraction of sp³-hybridized carbons (Fsp3) is 0.308. The smallest absolute Gasteiger partial charge is 0.477 e. The predicted octanol–water partition coefficient (Wildman–Crippen LogP) is -13.0. The van der Waals surface area contributed by atoms with Crippen molar-refractivity contribution >= 4 is 353 Å². The fourth-order valence-corrected chi connectivity index (χ4v) is 11.0. The number of carboxylic acids is 1. The van der Waals surface area contributed by atoms with Gasteiger partial charge in [0.05, 0.1) is 0 Å². The molecule has 3 aromatic rings. The van der Waals surface area contributed by atoms with Crippen LogP contribution in [0.2, 0.25) is 0 Å². The first kappa shape index (κ1) is 76.6. The number of likely N-dealkylation sites (tertiary alicyclic amines) is 2. The van der Waals surface area contributed by atoms with Gasteiger partial charge >= 0.3 is 13.1 Å². The van der Waals surface area contributed by atoms with E-state index >= 15 is 0 Å². The predicted molar refractivity (Wildman–Crippen MR) is 391 cm³/mol. The average molecular weight is 1120 g/mol. The van der Waals surface area contributed by atoms with E-state index < -0.39 is 134 Å². The summed E-state index contributed by atoms with van der Waals surface area (Å²) in [5, 5.41) is 26.2. The molecule has 0 unspecified atom stereocenters. The summed E-state index contributed by atoms with van der Waals surface area (Å²) < 4.78 is 1.67. The number of aromatic nitrogens is 3. The molecule has 0 saturated carbocycles. The van der Waals surface area contributed by atoms with Gasteiger partial charge in [0.1, 0.15) is 17.1 Å². The maximum absolute atomic E-state index is 11.9. The second kappa shape index (κ2) is 38.0. The molecule has 2 aliphatic heterocycles. The van der Waals surface area contributed by atoms with Crippen molar-refractivity contribution in [2.75, 3.05) is 26.2 Å². The van der Waals surface area contributed by atoms with E-state index in [0.717, 1.165) is 60.8 Å². The Balaban J connectivity index is 0.000000445. The van der Waals surface area contributed by atoms with E-state index in [0.29, 0.717) is 11.4 Å². The van der Waals surface area contributed by atoms with E-state index in [2.05, 4.69) is 46.8 Å². The molecule has 2 saturated heterocycles. The van der Waals surface area contributed by atoms with Crippen molar-refractivity contribution < 1.29 is 29.5 Å². The lowest BCUT2D eigenvalue weighted by atomic mass is 8.27. The van der Waals surface area contributed by atoms with Crippen LogP contribution in [0, 0.1) is 0 Å². The van der Waals surface area contributed by atoms with Crippen molar-refractivity contribution in [1.29, 1.82) is 0 Å². The van der Waals surface area contributed by atoms with Crippen LogP contribution in [-0.4, -0.2) is 382 Å². The van der Waals surface area contributed by atoms with Crippen LogP contribution in [0.3, 0.4) is 0 Å². The highest BCUT2D eigenvalue weighted by Gasteiger charge is 2.57. The molecule has 0 bridgehead atoms. The Bertz CT molecular complexity index is 2190. The van der Waals surface area contributed by atoms with Gasteiger partial charge in [0.25, 0.3) is 11.8 Å². The summed E-state index contributed by atoms with van der Waals surface area (Å²) >= 11 is 6.43. The molecule has 0 spiro atoms. The second-order valence-corrected chi connectivity index (χ2v) is 21.9. The SMILES string of the molecule is O=C(O)c1ccc(Br)cn1.O=C(c1ccc(B(O)O)cn1)N1CCCC1.O=C(c1ccc(Br)cn1)N1CCCC1.[B][B]B(B([B])[B])B(B([B])[B])B(B(B(B([B])[B])B([B])[B])B(B([B])[B])B([B])[B])B(B(B([B])[B])B([B])[B])B(B([B])[B])B([B])[B]. The first-order valence-corrected chi connectivity index (χ1v) is 27.4. The number of rotatable bonds is 23. The summed E-state index contributed by atoms with van der Waals surface area (Å²) in [5.74, 6) is -1.04. The molecule has 0 aliphatic carbocycles. The molecule has 55 heteroatoms. The number of hydrogen-bond acceptors (Lipinski definition) is 8. The Morgan fingerprint density at radius 2 is 0.704 bits per heavy atom. The van der Waals surface area contributed by atoms with Gasteiger partial charge in [-0.2, -0.15) is 0 Å². The number of pyridine rings is 3. The molecule has 5 rings (SSSR count). The van der Waals surface area contributed by atoms with Gasteiger partial charge in [-0.15, -0.1) is 0 Å². The van der Waals surface area contributed by atoms with Crippen molar-refractivity contribution in [2.24, 2.45) is 0 Å². The number of nitrogens with zero attached hydrogens (tertiary/aromatic N) is 5. The van der Waals surface area contributed by atoms with Crippen LogP contribution in [0.15, 0.2) is 63.9 Å². The molecule has 2 aliphatic rings. The third-order valence-corrected chi connectivity index (χ3v) is 15.1. The third kappa shape index (κ3) is 23.8. The van der Waals surface area contributed by atoms with Gasteiger partial charge in [0, 0.05) is 350 Å². The van der Waals surface area contributed by atoms with E-state index in [9.17, 15) is 14.4 Å². The molecule has 0 aromatic carbocycles. The average Bonchev–Trinajstić information content (AvgIpc) is 4.13. The number of carbonyl (C=O) groups excluding carboxylic acids is 2. The Labute approximate surface area is 535 Å². The maximum Gasteiger partial charge on any atom is 0.490 e. The number of aromatic carboxylic acids is 1. The number of carboxylic acid groups (broad SMARTS) is 1. The molecular formula is C26H28B42Br2N5O6. The zero-order valence-corrected chi connectivity index (χ0v) is 48.3. The lowest BCUT2D eigenvalue weighted by Crippen LogP contribution is -2.92. The summed E-state index contributed by atoms with van der Waals surface area (Å²) in [7, 11) is 131. The number of carbonyl (C=O) groups is 3. The van der Waals surface area contributed by atoms with Gasteiger partial charge in [-0.3, -0.25) is 14.6 Å². The Hall–Kier alpha value is -0.533. The summed E-state index contributed by atoms with van der Waals surface area (Å²) in [6.07, 6.45) is -12.6. The first-order valence-electron chi connectivity index (χ1n) is 25.9. The number of amides is 2. The molecule has 333 valence electrons. The molecule has 5 heterocycles. The molecule has 0 atom stereocenters. The van der Waals surface area contributed by atoms with E-state index in [1.807, 2.05) is 11.0 Å². The molecule has 43 radical (unpaired) electrons. The van der Waals surface area contributed by atoms with E-state index in [1.54, 1.807) is 23.2 Å². The normalized spacial score (nSPS) is 11.8. The van der Waals surface area contributed by atoms with Crippen molar-refractivity contribution in [1.82, 2.24) is 24.8 Å². The standard InChI is InChI=1S/C10H13BN2O3.C10H11BrN2O.C6H4BrNO2.B41/c14-10(13-5-1-2-6-13)9-4-3-8(7-12-9)11(15)16;11-8-3-4-9(12-7-8)10(14)13-5-1-2-6-13;7-4-1-2-5(6(9)10)8-3-4;1-22-33(23(2)3)38(32(20)21)41(39(34(24(4)5)25(6)7)35(26(8)9)27(10)11)40(36(28(12)13)29(14)15)37(30(16)17)31(18)19/h3-4,7,15-16H,1-2,5-6H2;3-4,7H,1-2,5-6H2;1-3H,(H,9,10);. The van der Waals surface area contributed by atoms with Crippen molar-refractivity contribution in [3.63, 3.8) is 0 Å². The number of hydrogen-bond donors (Lipinski definition) is 3. The molecule has 11 nitrogen and oxygen atoms in total. The van der Waals surface area contributed by atoms with Gasteiger partial charge in [0.2, 0.25) is 0 Å². The fourth-order valence-electron chi connectivity index (χ4n) is 10.5. The van der Waals surface area contributed by atoms with Gasteiger partial charge in [-0.25, -0.2) is 14.8 Å². The quantitative estimate of drug-likeness (QED) is 0.0786. The summed E-state index contributed by atoms with van der Waals surface area (Å²) in [5.41, 5.74) is 1.24. The topological polar surface area (TPSA) is 157 Å². The van der Waals surface area contributed by atoms with Crippen LogP contribution in [0.5, 0.6) is 0 Å². The van der Waals surface area contributed by atoms with Crippen LogP contribution < -0.4 is 5.46 Å². The van der Waals surface area contributed by atoms with Gasteiger partial charge < -0.3 is 25.0 Å². The van der Waals surface area contributed by atoms with Crippen LogP contribution in [-0.2, 0) is 0 Å². The summed E-state index contributed by atoms with van der Waals surface area (Å²) in [4.78, 5) is 49.2. The maximum atomic E-state index is 11.9.